The summed E-state index contributed by atoms with van der Waals surface area (Å²) in [5, 5.41) is 0.967. The molecule has 1 aliphatic rings. The molecule has 0 aromatic heterocycles. The molecule has 0 amide bonds. The van der Waals surface area contributed by atoms with Gasteiger partial charge in [0.2, 0.25) is 0 Å². The highest BCUT2D eigenvalue weighted by molar-refractivity contribution is 7.99. The van der Waals surface area contributed by atoms with Crippen LogP contribution in [-0.2, 0) is 0 Å². The van der Waals surface area contributed by atoms with Crippen LogP contribution in [0.5, 0.6) is 0 Å². The summed E-state index contributed by atoms with van der Waals surface area (Å²) < 4.78 is 0. The fraction of sp³-hybridized carbons (Fsp3) is 1.00. The summed E-state index contributed by atoms with van der Waals surface area (Å²) in [5.41, 5.74) is 0.530. The van der Waals surface area contributed by atoms with Crippen molar-refractivity contribution >= 4 is 11.8 Å². The van der Waals surface area contributed by atoms with Crippen molar-refractivity contribution in [2.24, 2.45) is 17.3 Å². The van der Waals surface area contributed by atoms with E-state index in [1.807, 2.05) is 0 Å². The van der Waals surface area contributed by atoms with Crippen molar-refractivity contribution in [2.45, 2.75) is 91.2 Å². The Balaban J connectivity index is 2.21. The van der Waals surface area contributed by atoms with Gasteiger partial charge in [-0.3, -0.25) is 0 Å². The van der Waals surface area contributed by atoms with Gasteiger partial charge in [0.25, 0.3) is 0 Å². The zero-order chi connectivity index (χ0) is 14.3. The Kier molecular flexibility index (Phi) is 7.87. The predicted molar refractivity (Wildman–Crippen MR) is 91.0 cm³/mol. The van der Waals surface area contributed by atoms with Crippen molar-refractivity contribution < 1.29 is 0 Å². The molecule has 0 bridgehead atoms. The molecule has 0 N–H and O–H groups in total. The minimum atomic E-state index is 0.530. The zero-order valence-electron chi connectivity index (χ0n) is 14.0. The van der Waals surface area contributed by atoms with E-state index in [1.54, 1.807) is 0 Å². The van der Waals surface area contributed by atoms with Crippen LogP contribution in [0.4, 0.5) is 0 Å². The molecule has 19 heavy (non-hydrogen) atoms. The monoisotopic (exact) mass is 284 g/mol. The van der Waals surface area contributed by atoms with Crippen molar-refractivity contribution in [1.29, 1.82) is 0 Å². The summed E-state index contributed by atoms with van der Waals surface area (Å²) in [6, 6.07) is 0. The van der Waals surface area contributed by atoms with Crippen LogP contribution in [0.25, 0.3) is 0 Å². The molecule has 1 unspecified atom stereocenters. The van der Waals surface area contributed by atoms with Gasteiger partial charge < -0.3 is 0 Å². The molecule has 1 aliphatic carbocycles. The Morgan fingerprint density at radius 1 is 1.05 bits per heavy atom. The first-order valence-corrected chi connectivity index (χ1v) is 9.63. The van der Waals surface area contributed by atoms with Crippen molar-refractivity contribution in [3.63, 3.8) is 0 Å². The lowest BCUT2D eigenvalue weighted by molar-refractivity contribution is 0.182. The molecule has 1 heteroatoms. The van der Waals surface area contributed by atoms with Gasteiger partial charge in [-0.1, -0.05) is 53.9 Å². The maximum atomic E-state index is 2.42. The molecule has 1 rings (SSSR count). The Labute approximate surface area is 126 Å². The van der Waals surface area contributed by atoms with Crippen LogP contribution in [0, 0.1) is 17.3 Å². The Morgan fingerprint density at radius 3 is 2.16 bits per heavy atom. The first kappa shape index (κ1) is 17.4. The molecular weight excluding hydrogens is 248 g/mol. The summed E-state index contributed by atoms with van der Waals surface area (Å²) in [6.45, 7) is 11.9. The van der Waals surface area contributed by atoms with E-state index in [0.717, 1.165) is 17.1 Å². The van der Waals surface area contributed by atoms with E-state index in [1.165, 1.54) is 57.1 Å². The van der Waals surface area contributed by atoms with Gasteiger partial charge in [-0.05, 0) is 55.1 Å². The second-order valence-electron chi connectivity index (χ2n) is 7.59. The fourth-order valence-electron chi connectivity index (χ4n) is 3.27. The quantitative estimate of drug-likeness (QED) is 0.511. The summed E-state index contributed by atoms with van der Waals surface area (Å²) in [5.74, 6) is 3.36. The number of hydrogen-bond acceptors (Lipinski definition) is 1. The number of rotatable bonds is 7. The maximum Gasteiger partial charge on any atom is 0.00473 e. The molecule has 0 aromatic carbocycles. The van der Waals surface area contributed by atoms with E-state index in [-0.39, 0.29) is 0 Å². The van der Waals surface area contributed by atoms with Crippen LogP contribution >= 0.6 is 11.8 Å². The lowest BCUT2D eigenvalue weighted by Gasteiger charge is -2.37. The lowest BCUT2D eigenvalue weighted by atomic mass is 9.72. The van der Waals surface area contributed by atoms with Gasteiger partial charge in [-0.15, -0.1) is 0 Å². The highest BCUT2D eigenvalue weighted by Gasteiger charge is 2.29. The van der Waals surface area contributed by atoms with E-state index >= 15 is 0 Å². The molecule has 1 fully saturated rings. The van der Waals surface area contributed by atoms with Gasteiger partial charge in [0.1, 0.15) is 0 Å². The van der Waals surface area contributed by atoms with E-state index in [2.05, 4.69) is 46.4 Å². The van der Waals surface area contributed by atoms with Crippen molar-refractivity contribution in [3.8, 4) is 0 Å². The van der Waals surface area contributed by atoms with E-state index in [9.17, 15) is 0 Å². The number of thioether (sulfide) groups is 1. The Bertz CT molecular complexity index is 220. The smallest absolute Gasteiger partial charge is 0.00473 e. The maximum absolute atomic E-state index is 2.42. The van der Waals surface area contributed by atoms with Crippen molar-refractivity contribution in [1.82, 2.24) is 0 Å². The second-order valence-corrected chi connectivity index (χ2v) is 8.92. The van der Waals surface area contributed by atoms with Gasteiger partial charge in [-0.25, -0.2) is 0 Å². The third-order valence-corrected chi connectivity index (χ3v) is 6.62. The van der Waals surface area contributed by atoms with E-state index in [0.29, 0.717) is 5.41 Å². The second kappa shape index (κ2) is 8.60. The summed E-state index contributed by atoms with van der Waals surface area (Å²) in [7, 11) is 0. The summed E-state index contributed by atoms with van der Waals surface area (Å²) in [4.78, 5) is 0. The molecule has 0 aliphatic heterocycles. The van der Waals surface area contributed by atoms with Crippen LogP contribution in [0.15, 0.2) is 0 Å². The SMILES string of the molecule is CCCCC(CC)CSC1CCC(C(C)(C)C)CC1. The Hall–Kier alpha value is 0.350. The highest BCUT2D eigenvalue weighted by atomic mass is 32.2. The van der Waals surface area contributed by atoms with E-state index in [4.69, 9.17) is 0 Å². The summed E-state index contributed by atoms with van der Waals surface area (Å²) >= 11 is 2.29. The van der Waals surface area contributed by atoms with Crippen molar-refractivity contribution in [2.75, 3.05) is 5.75 Å². The highest BCUT2D eigenvalue weighted by Crippen LogP contribution is 2.41. The van der Waals surface area contributed by atoms with Gasteiger partial charge in [0.05, 0.1) is 0 Å². The third kappa shape index (κ3) is 6.56. The minimum Gasteiger partial charge on any atom is -0.158 e. The number of unbranched alkanes of at least 4 members (excludes halogenated alkanes) is 1. The van der Waals surface area contributed by atoms with Gasteiger partial charge in [0.15, 0.2) is 0 Å². The average molecular weight is 285 g/mol. The normalized spacial score (nSPS) is 26.4. The predicted octanol–water partition coefficient (Wildman–Crippen LogP) is 6.54. The average Bonchev–Trinajstić information content (AvgIpc) is 2.38. The topological polar surface area (TPSA) is 0 Å². The molecule has 1 atom stereocenters. The van der Waals surface area contributed by atoms with Gasteiger partial charge in [-0.2, -0.15) is 11.8 Å². The largest absolute Gasteiger partial charge is 0.158 e. The van der Waals surface area contributed by atoms with Crippen LogP contribution in [0.2, 0.25) is 0 Å². The zero-order valence-corrected chi connectivity index (χ0v) is 14.8. The number of hydrogen-bond donors (Lipinski definition) is 0. The van der Waals surface area contributed by atoms with E-state index < -0.39 is 0 Å². The first-order chi connectivity index (χ1) is 8.97. The molecular formula is C18H36S. The molecule has 0 saturated heterocycles. The van der Waals surface area contributed by atoms with Crippen molar-refractivity contribution in [3.05, 3.63) is 0 Å². The Morgan fingerprint density at radius 2 is 1.68 bits per heavy atom. The minimum absolute atomic E-state index is 0.530. The molecule has 0 radical (unpaired) electrons. The first-order valence-electron chi connectivity index (χ1n) is 8.59. The van der Waals surface area contributed by atoms with Crippen LogP contribution in [-0.4, -0.2) is 11.0 Å². The molecule has 0 aromatic rings. The van der Waals surface area contributed by atoms with Gasteiger partial charge in [0, 0.05) is 5.25 Å². The van der Waals surface area contributed by atoms with Gasteiger partial charge >= 0.3 is 0 Å². The fourth-order valence-corrected chi connectivity index (χ4v) is 4.82. The molecule has 0 heterocycles. The van der Waals surface area contributed by atoms with Crippen LogP contribution in [0.1, 0.15) is 86.0 Å². The standard InChI is InChI=1S/C18H36S/c1-6-8-9-15(7-2)14-19-17-12-10-16(11-13-17)18(3,4)5/h15-17H,6-14H2,1-5H3. The molecule has 114 valence electrons. The van der Waals surface area contributed by atoms with Crippen LogP contribution in [0.3, 0.4) is 0 Å². The third-order valence-electron chi connectivity index (χ3n) is 5.01. The molecule has 1 saturated carbocycles. The molecule has 0 spiro atoms. The van der Waals surface area contributed by atoms with Crippen LogP contribution < -0.4 is 0 Å². The summed E-state index contributed by atoms with van der Waals surface area (Å²) in [6.07, 6.45) is 11.5. The molecule has 0 nitrogen and oxygen atoms in total. The lowest BCUT2D eigenvalue weighted by Crippen LogP contribution is -2.27.